The molecule has 1 fully saturated rings. The SMILES string of the molecule is CC1CCN(c2ccc(C#N)cn2)CC1. The van der Waals surface area contributed by atoms with Crippen LogP contribution in [0.3, 0.4) is 0 Å². The van der Waals surface area contributed by atoms with Gasteiger partial charge in [0.2, 0.25) is 0 Å². The van der Waals surface area contributed by atoms with Crippen molar-refractivity contribution >= 4 is 5.82 Å². The summed E-state index contributed by atoms with van der Waals surface area (Å²) in [4.78, 5) is 6.59. The fraction of sp³-hybridized carbons (Fsp3) is 0.500. The molecule has 0 N–H and O–H groups in total. The summed E-state index contributed by atoms with van der Waals surface area (Å²) >= 11 is 0. The molecule has 2 heterocycles. The van der Waals surface area contributed by atoms with E-state index in [1.807, 2.05) is 12.1 Å². The molecule has 1 aromatic heterocycles. The second-order valence-electron chi connectivity index (χ2n) is 4.19. The van der Waals surface area contributed by atoms with Crippen molar-refractivity contribution in [1.82, 2.24) is 4.98 Å². The fourth-order valence-corrected chi connectivity index (χ4v) is 1.88. The Labute approximate surface area is 90.4 Å². The monoisotopic (exact) mass is 201 g/mol. The van der Waals surface area contributed by atoms with Gasteiger partial charge >= 0.3 is 0 Å². The average molecular weight is 201 g/mol. The van der Waals surface area contributed by atoms with Gasteiger partial charge in [-0.1, -0.05) is 6.92 Å². The van der Waals surface area contributed by atoms with E-state index in [-0.39, 0.29) is 0 Å². The molecular formula is C12H15N3. The average Bonchev–Trinajstić information content (AvgIpc) is 2.30. The van der Waals surface area contributed by atoms with Gasteiger partial charge in [-0.05, 0) is 30.9 Å². The third-order valence-electron chi connectivity index (χ3n) is 2.98. The first-order valence-corrected chi connectivity index (χ1v) is 5.40. The zero-order valence-corrected chi connectivity index (χ0v) is 8.98. The molecule has 0 aliphatic carbocycles. The first-order chi connectivity index (χ1) is 7.29. The van der Waals surface area contributed by atoms with Crippen molar-refractivity contribution in [2.24, 2.45) is 5.92 Å². The van der Waals surface area contributed by atoms with Gasteiger partial charge in [0, 0.05) is 19.3 Å². The highest BCUT2D eigenvalue weighted by Crippen LogP contribution is 2.20. The Morgan fingerprint density at radius 3 is 2.67 bits per heavy atom. The number of rotatable bonds is 1. The quantitative estimate of drug-likeness (QED) is 0.699. The van der Waals surface area contributed by atoms with Crippen LogP contribution in [0.4, 0.5) is 5.82 Å². The maximum atomic E-state index is 8.67. The number of hydrogen-bond acceptors (Lipinski definition) is 3. The van der Waals surface area contributed by atoms with Gasteiger partial charge in [-0.15, -0.1) is 0 Å². The Bertz CT molecular complexity index is 355. The van der Waals surface area contributed by atoms with Crippen LogP contribution in [-0.4, -0.2) is 18.1 Å². The minimum atomic E-state index is 0.629. The van der Waals surface area contributed by atoms with Crippen LogP contribution in [0.25, 0.3) is 0 Å². The van der Waals surface area contributed by atoms with Gasteiger partial charge in [-0.3, -0.25) is 0 Å². The molecule has 15 heavy (non-hydrogen) atoms. The fourth-order valence-electron chi connectivity index (χ4n) is 1.88. The molecule has 0 unspecified atom stereocenters. The number of aromatic nitrogens is 1. The van der Waals surface area contributed by atoms with Crippen molar-refractivity contribution in [3.05, 3.63) is 23.9 Å². The lowest BCUT2D eigenvalue weighted by molar-refractivity contribution is 0.436. The van der Waals surface area contributed by atoms with E-state index in [1.165, 1.54) is 12.8 Å². The topological polar surface area (TPSA) is 39.9 Å². The predicted molar refractivity (Wildman–Crippen MR) is 59.6 cm³/mol. The van der Waals surface area contributed by atoms with Gasteiger partial charge in [-0.2, -0.15) is 5.26 Å². The molecule has 0 aromatic carbocycles. The first kappa shape index (κ1) is 9.97. The van der Waals surface area contributed by atoms with Crippen LogP contribution in [0, 0.1) is 17.2 Å². The molecule has 0 radical (unpaired) electrons. The van der Waals surface area contributed by atoms with Gasteiger partial charge < -0.3 is 4.90 Å². The van der Waals surface area contributed by atoms with E-state index >= 15 is 0 Å². The highest BCUT2D eigenvalue weighted by molar-refractivity contribution is 5.42. The minimum Gasteiger partial charge on any atom is -0.357 e. The largest absolute Gasteiger partial charge is 0.357 e. The van der Waals surface area contributed by atoms with Crippen molar-refractivity contribution in [2.45, 2.75) is 19.8 Å². The van der Waals surface area contributed by atoms with Crippen LogP contribution in [0.1, 0.15) is 25.3 Å². The highest BCUT2D eigenvalue weighted by atomic mass is 15.2. The number of hydrogen-bond donors (Lipinski definition) is 0. The molecule has 3 nitrogen and oxygen atoms in total. The Balaban J connectivity index is 2.07. The number of anilines is 1. The van der Waals surface area contributed by atoms with Crippen LogP contribution in [0.15, 0.2) is 18.3 Å². The summed E-state index contributed by atoms with van der Waals surface area (Å²) in [6.07, 6.45) is 4.12. The van der Waals surface area contributed by atoms with Gasteiger partial charge in [0.1, 0.15) is 11.9 Å². The Kier molecular flexibility index (Phi) is 2.86. The van der Waals surface area contributed by atoms with Crippen LogP contribution < -0.4 is 4.90 Å². The van der Waals surface area contributed by atoms with Gasteiger partial charge in [0.25, 0.3) is 0 Å². The number of pyridine rings is 1. The Morgan fingerprint density at radius 1 is 1.40 bits per heavy atom. The molecule has 1 saturated heterocycles. The standard InChI is InChI=1S/C12H15N3/c1-10-4-6-15(7-5-10)12-3-2-11(8-13)9-14-12/h2-3,9-10H,4-7H2,1H3. The summed E-state index contributed by atoms with van der Waals surface area (Å²) in [5.74, 6) is 1.83. The third kappa shape index (κ3) is 2.27. The molecule has 0 amide bonds. The maximum absolute atomic E-state index is 8.67. The molecule has 78 valence electrons. The van der Waals surface area contributed by atoms with E-state index in [0.29, 0.717) is 5.56 Å². The van der Waals surface area contributed by atoms with E-state index in [1.54, 1.807) is 6.20 Å². The van der Waals surface area contributed by atoms with Crippen LogP contribution in [0.2, 0.25) is 0 Å². The van der Waals surface area contributed by atoms with Crippen molar-refractivity contribution in [1.29, 1.82) is 5.26 Å². The highest BCUT2D eigenvalue weighted by Gasteiger charge is 2.16. The predicted octanol–water partition coefficient (Wildman–Crippen LogP) is 2.19. The normalized spacial score (nSPS) is 17.5. The van der Waals surface area contributed by atoms with Gasteiger partial charge in [0.05, 0.1) is 5.56 Å². The minimum absolute atomic E-state index is 0.629. The molecule has 1 aliphatic heterocycles. The van der Waals surface area contributed by atoms with Crippen molar-refractivity contribution in [3.8, 4) is 6.07 Å². The smallest absolute Gasteiger partial charge is 0.128 e. The second kappa shape index (κ2) is 4.31. The molecule has 1 aliphatic rings. The Morgan fingerprint density at radius 2 is 2.13 bits per heavy atom. The molecule has 0 atom stereocenters. The van der Waals surface area contributed by atoms with Gasteiger partial charge in [0.15, 0.2) is 0 Å². The molecule has 0 saturated carbocycles. The summed E-state index contributed by atoms with van der Waals surface area (Å²) in [5.41, 5.74) is 0.629. The summed E-state index contributed by atoms with van der Waals surface area (Å²) in [5, 5.41) is 8.67. The third-order valence-corrected chi connectivity index (χ3v) is 2.98. The van der Waals surface area contributed by atoms with Crippen molar-refractivity contribution < 1.29 is 0 Å². The zero-order valence-electron chi connectivity index (χ0n) is 8.98. The second-order valence-corrected chi connectivity index (χ2v) is 4.19. The van der Waals surface area contributed by atoms with Crippen LogP contribution in [0.5, 0.6) is 0 Å². The molecule has 3 heteroatoms. The van der Waals surface area contributed by atoms with E-state index < -0.39 is 0 Å². The number of nitrogens with zero attached hydrogens (tertiary/aromatic N) is 3. The summed E-state index contributed by atoms with van der Waals surface area (Å²) < 4.78 is 0. The molecule has 0 bridgehead atoms. The number of piperidine rings is 1. The zero-order chi connectivity index (χ0) is 10.7. The molecular weight excluding hydrogens is 186 g/mol. The lowest BCUT2D eigenvalue weighted by Crippen LogP contribution is -2.33. The van der Waals surface area contributed by atoms with Crippen LogP contribution >= 0.6 is 0 Å². The lowest BCUT2D eigenvalue weighted by Gasteiger charge is -2.31. The molecule has 0 spiro atoms. The van der Waals surface area contributed by atoms with Gasteiger partial charge in [-0.25, -0.2) is 4.98 Å². The summed E-state index contributed by atoms with van der Waals surface area (Å²) in [6, 6.07) is 5.86. The lowest BCUT2D eigenvalue weighted by atomic mass is 9.99. The number of nitriles is 1. The maximum Gasteiger partial charge on any atom is 0.128 e. The molecule has 2 rings (SSSR count). The van der Waals surface area contributed by atoms with E-state index in [0.717, 1.165) is 24.8 Å². The van der Waals surface area contributed by atoms with E-state index in [9.17, 15) is 0 Å². The first-order valence-electron chi connectivity index (χ1n) is 5.40. The Hall–Kier alpha value is -1.56. The summed E-state index contributed by atoms with van der Waals surface area (Å²) in [6.45, 7) is 4.46. The van der Waals surface area contributed by atoms with Crippen molar-refractivity contribution in [3.63, 3.8) is 0 Å². The van der Waals surface area contributed by atoms with E-state index in [2.05, 4.69) is 22.9 Å². The van der Waals surface area contributed by atoms with E-state index in [4.69, 9.17) is 5.26 Å². The van der Waals surface area contributed by atoms with Crippen LogP contribution in [-0.2, 0) is 0 Å². The van der Waals surface area contributed by atoms with Crippen molar-refractivity contribution in [2.75, 3.05) is 18.0 Å². The summed E-state index contributed by atoms with van der Waals surface area (Å²) in [7, 11) is 0. The molecule has 1 aromatic rings.